The molecule has 1 aromatic heterocycles. The zero-order valence-electron chi connectivity index (χ0n) is 10.6. The molecule has 1 saturated heterocycles. The van der Waals surface area contributed by atoms with Gasteiger partial charge in [0.1, 0.15) is 0 Å². The largest absolute Gasteiger partial charge is 0.440 e. The van der Waals surface area contributed by atoms with Crippen molar-refractivity contribution < 1.29 is 27.6 Å². The van der Waals surface area contributed by atoms with E-state index in [0.717, 1.165) is 7.05 Å². The van der Waals surface area contributed by atoms with E-state index < -0.39 is 29.7 Å². The minimum Gasteiger partial charge on any atom is -0.314 e. The summed E-state index contributed by atoms with van der Waals surface area (Å²) in [4.78, 5) is 38.8. The second-order valence-corrected chi connectivity index (χ2v) is 4.23. The van der Waals surface area contributed by atoms with Gasteiger partial charge in [0.25, 0.3) is 17.5 Å². The number of nitrogens with one attached hydrogen (secondary N) is 2. The van der Waals surface area contributed by atoms with Crippen LogP contribution in [0.1, 0.15) is 10.4 Å². The van der Waals surface area contributed by atoms with Crippen molar-refractivity contribution in [3.63, 3.8) is 0 Å². The Bertz CT molecular complexity index is 604. The van der Waals surface area contributed by atoms with Crippen LogP contribution >= 0.6 is 0 Å². The minimum atomic E-state index is -5.20. The number of imide groups is 1. The zero-order valence-corrected chi connectivity index (χ0v) is 10.6. The first kappa shape index (κ1) is 14.8. The van der Waals surface area contributed by atoms with Crippen molar-refractivity contribution in [3.8, 4) is 0 Å². The lowest BCUT2D eigenvalue weighted by Crippen LogP contribution is -2.69. The van der Waals surface area contributed by atoms with Gasteiger partial charge in [-0.25, -0.2) is 4.79 Å². The van der Waals surface area contributed by atoms with E-state index in [2.05, 4.69) is 4.98 Å². The quantitative estimate of drug-likeness (QED) is 0.766. The van der Waals surface area contributed by atoms with Crippen LogP contribution in [0.5, 0.6) is 0 Å². The number of rotatable bonds is 2. The van der Waals surface area contributed by atoms with E-state index in [1.807, 2.05) is 0 Å². The van der Waals surface area contributed by atoms with Crippen LogP contribution in [0.4, 0.5) is 18.0 Å². The predicted octanol–water partition coefficient (Wildman–Crippen LogP) is 0.252. The van der Waals surface area contributed by atoms with Crippen LogP contribution in [0.3, 0.4) is 0 Å². The van der Waals surface area contributed by atoms with Crippen LogP contribution < -0.4 is 10.6 Å². The summed E-state index contributed by atoms with van der Waals surface area (Å²) in [6.45, 7) is 0. The average Bonchev–Trinajstić information content (AvgIpc) is 2.64. The maximum atomic E-state index is 13.2. The Morgan fingerprint density at radius 2 is 1.90 bits per heavy atom. The van der Waals surface area contributed by atoms with Gasteiger partial charge in [0.2, 0.25) is 0 Å². The molecule has 0 spiro atoms. The topological polar surface area (TPSA) is 91.4 Å². The third-order valence-electron chi connectivity index (χ3n) is 2.89. The lowest BCUT2D eigenvalue weighted by molar-refractivity contribution is -0.199. The smallest absolute Gasteiger partial charge is 0.314 e. The molecule has 2 N–H and O–H groups in total. The van der Waals surface area contributed by atoms with Crippen molar-refractivity contribution in [3.05, 3.63) is 30.1 Å². The fourth-order valence-corrected chi connectivity index (χ4v) is 1.73. The molecule has 0 bridgehead atoms. The van der Waals surface area contributed by atoms with Gasteiger partial charge in [-0.1, -0.05) is 0 Å². The molecule has 1 fully saturated rings. The molecule has 112 valence electrons. The van der Waals surface area contributed by atoms with Crippen molar-refractivity contribution in [2.45, 2.75) is 11.8 Å². The molecule has 0 unspecified atom stereocenters. The van der Waals surface area contributed by atoms with Crippen molar-refractivity contribution >= 4 is 17.8 Å². The normalized spacial score (nSPS) is 22.2. The molecule has 7 nitrogen and oxygen atoms in total. The second kappa shape index (κ2) is 4.72. The summed E-state index contributed by atoms with van der Waals surface area (Å²) in [6.07, 6.45) is -2.79. The summed E-state index contributed by atoms with van der Waals surface area (Å²) in [6, 6.07) is 1.08. The molecule has 0 aliphatic carbocycles. The lowest BCUT2D eigenvalue weighted by atomic mass is 10.1. The molecular formula is C11H9F3N4O3. The summed E-state index contributed by atoms with van der Waals surface area (Å²) in [5.41, 5.74) is -3.61. The molecule has 10 heteroatoms. The highest BCUT2D eigenvalue weighted by Crippen LogP contribution is 2.33. The Morgan fingerprint density at radius 3 is 2.33 bits per heavy atom. The van der Waals surface area contributed by atoms with E-state index in [4.69, 9.17) is 0 Å². The van der Waals surface area contributed by atoms with Crippen LogP contribution in [-0.4, -0.2) is 46.6 Å². The number of aromatic nitrogens is 1. The first-order valence-corrected chi connectivity index (χ1v) is 5.58. The highest BCUT2D eigenvalue weighted by atomic mass is 19.4. The molecule has 0 saturated carbocycles. The lowest BCUT2D eigenvalue weighted by Gasteiger charge is -2.29. The minimum absolute atomic E-state index is 0.134. The first-order chi connectivity index (χ1) is 9.69. The van der Waals surface area contributed by atoms with Gasteiger partial charge in [0.05, 0.1) is 0 Å². The number of hydrogen-bond donors (Lipinski definition) is 2. The molecule has 2 rings (SSSR count). The predicted molar refractivity (Wildman–Crippen MR) is 61.8 cm³/mol. The van der Waals surface area contributed by atoms with Gasteiger partial charge >= 0.3 is 12.2 Å². The number of halogens is 3. The summed E-state index contributed by atoms with van der Waals surface area (Å²) in [5, 5.41) is 3.02. The molecule has 0 radical (unpaired) electrons. The third-order valence-corrected chi connectivity index (χ3v) is 2.89. The van der Waals surface area contributed by atoms with Crippen LogP contribution in [0, 0.1) is 0 Å². The molecule has 1 aliphatic rings. The molecule has 4 amide bonds. The molecule has 1 aromatic rings. The molecular weight excluding hydrogens is 293 g/mol. The van der Waals surface area contributed by atoms with Gasteiger partial charge in [-0.2, -0.15) is 13.2 Å². The first-order valence-electron chi connectivity index (χ1n) is 5.58. The highest BCUT2D eigenvalue weighted by molar-refractivity contribution is 6.10. The number of likely N-dealkylation sites (N-methyl/N-ethyl adjacent to an activating group) is 1. The molecule has 21 heavy (non-hydrogen) atoms. The SMILES string of the molecule is CN1C(=O)N[C@](NC(=O)c2ccncc2)(C(F)(F)F)C1=O. The average molecular weight is 302 g/mol. The van der Waals surface area contributed by atoms with Gasteiger partial charge in [0.15, 0.2) is 0 Å². The second-order valence-electron chi connectivity index (χ2n) is 4.23. The van der Waals surface area contributed by atoms with Gasteiger partial charge in [-0.05, 0) is 12.1 Å². The van der Waals surface area contributed by atoms with Crippen LogP contribution in [0.15, 0.2) is 24.5 Å². The van der Waals surface area contributed by atoms with Crippen molar-refractivity contribution in [2.24, 2.45) is 0 Å². The summed E-state index contributed by atoms with van der Waals surface area (Å²) < 4.78 is 39.6. The Morgan fingerprint density at radius 1 is 1.33 bits per heavy atom. The van der Waals surface area contributed by atoms with Crippen molar-refractivity contribution in [1.29, 1.82) is 0 Å². The van der Waals surface area contributed by atoms with E-state index in [1.54, 1.807) is 5.32 Å². The number of hydrogen-bond acceptors (Lipinski definition) is 4. The molecule has 1 atom stereocenters. The molecule has 1 aliphatic heterocycles. The van der Waals surface area contributed by atoms with Crippen LogP contribution in [0.25, 0.3) is 0 Å². The van der Waals surface area contributed by atoms with Crippen LogP contribution in [-0.2, 0) is 4.79 Å². The maximum absolute atomic E-state index is 13.2. The summed E-state index contributed by atoms with van der Waals surface area (Å²) in [5.74, 6) is -2.78. The number of nitrogens with zero attached hydrogens (tertiary/aromatic N) is 2. The van der Waals surface area contributed by atoms with Crippen molar-refractivity contribution in [2.75, 3.05) is 7.05 Å². The Balaban J connectivity index is 2.38. The van der Waals surface area contributed by atoms with E-state index in [9.17, 15) is 27.6 Å². The van der Waals surface area contributed by atoms with E-state index in [1.165, 1.54) is 29.8 Å². The van der Waals surface area contributed by atoms with Crippen molar-refractivity contribution in [1.82, 2.24) is 20.5 Å². The fourth-order valence-electron chi connectivity index (χ4n) is 1.73. The number of pyridine rings is 1. The van der Waals surface area contributed by atoms with E-state index in [0.29, 0.717) is 0 Å². The monoisotopic (exact) mass is 302 g/mol. The summed E-state index contributed by atoms with van der Waals surface area (Å²) in [7, 11) is 0.879. The number of carbonyl (C=O) groups is 3. The van der Waals surface area contributed by atoms with Gasteiger partial charge < -0.3 is 5.32 Å². The summed E-state index contributed by atoms with van der Waals surface area (Å²) >= 11 is 0. The van der Waals surface area contributed by atoms with E-state index in [-0.39, 0.29) is 10.5 Å². The van der Waals surface area contributed by atoms with Gasteiger partial charge in [-0.15, -0.1) is 0 Å². The molecule has 2 heterocycles. The Hall–Kier alpha value is -2.65. The van der Waals surface area contributed by atoms with Gasteiger partial charge in [-0.3, -0.25) is 24.8 Å². The molecule has 0 aromatic carbocycles. The number of urea groups is 1. The number of carbonyl (C=O) groups excluding carboxylic acids is 3. The zero-order chi connectivity index (χ0) is 15.8. The fraction of sp³-hybridized carbons (Fsp3) is 0.273. The standard InChI is InChI=1S/C11H9F3N4O3/c1-18-8(20)10(11(12,13)14,17-9(18)21)16-7(19)6-2-4-15-5-3-6/h2-5H,1H3,(H,16,19)(H,17,21)/t10-/m0/s1. The third kappa shape index (κ3) is 2.28. The maximum Gasteiger partial charge on any atom is 0.440 e. The Kier molecular flexibility index (Phi) is 3.32. The number of amides is 4. The highest BCUT2D eigenvalue weighted by Gasteiger charge is 2.68. The van der Waals surface area contributed by atoms with Gasteiger partial charge in [0, 0.05) is 25.0 Å². The van der Waals surface area contributed by atoms with Crippen LogP contribution in [0.2, 0.25) is 0 Å². The number of alkyl halides is 3. The Labute approximate surface area is 116 Å². The van der Waals surface area contributed by atoms with E-state index >= 15 is 0 Å².